The zero-order valence-corrected chi connectivity index (χ0v) is 20.9. The lowest BCUT2D eigenvalue weighted by Crippen LogP contribution is -2.41. The van der Waals surface area contributed by atoms with Gasteiger partial charge >= 0.3 is 0 Å². The third-order valence-electron chi connectivity index (χ3n) is 6.70. The summed E-state index contributed by atoms with van der Waals surface area (Å²) in [5, 5.41) is 4.23. The van der Waals surface area contributed by atoms with Crippen LogP contribution in [0.15, 0.2) is 47.3 Å². The Hall–Kier alpha value is -3.03. The Bertz CT molecular complexity index is 1330. The summed E-state index contributed by atoms with van der Waals surface area (Å²) < 4.78 is 7.17. The lowest BCUT2D eigenvalue weighted by atomic mass is 10.0. The molecule has 1 amide bonds. The van der Waals surface area contributed by atoms with Crippen molar-refractivity contribution < 1.29 is 9.53 Å². The highest BCUT2D eigenvalue weighted by atomic mass is 35.5. The molecule has 0 atom stereocenters. The minimum absolute atomic E-state index is 0.137. The van der Waals surface area contributed by atoms with Crippen molar-refractivity contribution in [2.24, 2.45) is 0 Å². The summed E-state index contributed by atoms with van der Waals surface area (Å²) in [7, 11) is 1.59. The minimum atomic E-state index is -0.171. The number of fused-ring (bicyclic) bond motifs is 1. The van der Waals surface area contributed by atoms with Crippen LogP contribution in [0.25, 0.3) is 5.69 Å². The van der Waals surface area contributed by atoms with Crippen molar-refractivity contribution in [1.29, 1.82) is 0 Å². The number of ether oxygens (including phenoxy) is 1. The zero-order valence-electron chi connectivity index (χ0n) is 19.4. The van der Waals surface area contributed by atoms with E-state index in [0.717, 1.165) is 25.7 Å². The second kappa shape index (κ2) is 9.91. The van der Waals surface area contributed by atoms with E-state index in [-0.39, 0.29) is 24.1 Å². The molecule has 0 radical (unpaired) electrons. The molecule has 0 unspecified atom stereocenters. The molecular weight excluding hydrogens is 487 g/mol. The molecule has 0 bridgehead atoms. The SMILES string of the molecule is COc1ccccc1-n1c(NC2CCCC2)nc2c(c1=O)CCN(C(=O)c1ccc(Cl)c(Cl)c1)C2. The van der Waals surface area contributed by atoms with Crippen LogP contribution < -0.4 is 15.6 Å². The molecule has 0 spiro atoms. The first-order chi connectivity index (χ1) is 17.0. The van der Waals surface area contributed by atoms with Crippen molar-refractivity contribution in [1.82, 2.24) is 14.5 Å². The molecular formula is C26H26Cl2N4O3. The van der Waals surface area contributed by atoms with Gasteiger partial charge in [0.05, 0.1) is 35.1 Å². The molecule has 9 heteroatoms. The largest absolute Gasteiger partial charge is 0.495 e. The first-order valence-electron chi connectivity index (χ1n) is 11.8. The number of carbonyl (C=O) groups excluding carboxylic acids is 1. The van der Waals surface area contributed by atoms with E-state index in [1.165, 1.54) is 0 Å². The van der Waals surface area contributed by atoms with Crippen molar-refractivity contribution in [3.63, 3.8) is 0 Å². The minimum Gasteiger partial charge on any atom is -0.495 e. The number of methoxy groups -OCH3 is 1. The van der Waals surface area contributed by atoms with E-state index in [1.807, 2.05) is 24.3 Å². The summed E-state index contributed by atoms with van der Waals surface area (Å²) in [4.78, 5) is 33.6. The summed E-state index contributed by atoms with van der Waals surface area (Å²) in [5.41, 5.74) is 2.19. The molecule has 35 heavy (non-hydrogen) atoms. The Labute approximate surface area is 213 Å². The van der Waals surface area contributed by atoms with Crippen LogP contribution in [-0.4, -0.2) is 40.1 Å². The van der Waals surface area contributed by atoms with Gasteiger partial charge < -0.3 is 15.0 Å². The number of para-hydroxylation sites is 2. The van der Waals surface area contributed by atoms with Crippen LogP contribution in [0.4, 0.5) is 5.95 Å². The molecule has 1 aliphatic heterocycles. The molecule has 1 fully saturated rings. The Morgan fingerprint density at radius 2 is 1.89 bits per heavy atom. The summed E-state index contributed by atoms with van der Waals surface area (Å²) in [6.07, 6.45) is 4.76. The maximum absolute atomic E-state index is 13.8. The average molecular weight is 513 g/mol. The highest BCUT2D eigenvalue weighted by Gasteiger charge is 2.29. The smallest absolute Gasteiger partial charge is 0.263 e. The fraction of sp³-hybridized carbons (Fsp3) is 0.346. The number of rotatable bonds is 5. The van der Waals surface area contributed by atoms with Crippen LogP contribution in [0.2, 0.25) is 10.0 Å². The summed E-state index contributed by atoms with van der Waals surface area (Å²) in [6.45, 7) is 0.653. The van der Waals surface area contributed by atoms with E-state index in [2.05, 4.69) is 5.32 Å². The Morgan fingerprint density at radius 1 is 1.11 bits per heavy atom. The highest BCUT2D eigenvalue weighted by Crippen LogP contribution is 2.29. The summed E-state index contributed by atoms with van der Waals surface area (Å²) >= 11 is 12.1. The predicted octanol–water partition coefficient (Wildman–Crippen LogP) is 5.10. The lowest BCUT2D eigenvalue weighted by molar-refractivity contribution is 0.0731. The molecule has 1 saturated carbocycles. The number of halogens is 2. The lowest BCUT2D eigenvalue weighted by Gasteiger charge is -2.30. The molecule has 0 saturated heterocycles. The topological polar surface area (TPSA) is 76.5 Å². The van der Waals surface area contributed by atoms with Gasteiger partial charge in [0, 0.05) is 23.7 Å². The Kier molecular flexibility index (Phi) is 6.71. The van der Waals surface area contributed by atoms with E-state index >= 15 is 0 Å². The van der Waals surface area contributed by atoms with Crippen LogP contribution in [0.3, 0.4) is 0 Å². The summed E-state index contributed by atoms with van der Waals surface area (Å²) in [6, 6.07) is 12.5. The van der Waals surface area contributed by atoms with E-state index in [9.17, 15) is 9.59 Å². The van der Waals surface area contributed by atoms with Crippen LogP contribution in [0.1, 0.15) is 47.3 Å². The van der Waals surface area contributed by atoms with Gasteiger partial charge in [-0.05, 0) is 49.6 Å². The number of amides is 1. The average Bonchev–Trinajstić information content (AvgIpc) is 3.38. The quantitative estimate of drug-likeness (QED) is 0.514. The maximum Gasteiger partial charge on any atom is 0.263 e. The molecule has 5 rings (SSSR count). The van der Waals surface area contributed by atoms with Gasteiger partial charge in [0.15, 0.2) is 0 Å². The highest BCUT2D eigenvalue weighted by molar-refractivity contribution is 6.42. The van der Waals surface area contributed by atoms with E-state index in [1.54, 1.807) is 34.8 Å². The first kappa shape index (κ1) is 23.7. The first-order valence-corrected chi connectivity index (χ1v) is 12.5. The van der Waals surface area contributed by atoms with E-state index in [4.69, 9.17) is 32.9 Å². The van der Waals surface area contributed by atoms with Crippen molar-refractivity contribution in [2.75, 3.05) is 19.0 Å². The van der Waals surface area contributed by atoms with Gasteiger partial charge in [-0.3, -0.25) is 9.59 Å². The number of carbonyl (C=O) groups is 1. The van der Waals surface area contributed by atoms with Gasteiger partial charge in [-0.15, -0.1) is 0 Å². The van der Waals surface area contributed by atoms with Gasteiger partial charge in [0.25, 0.3) is 11.5 Å². The van der Waals surface area contributed by atoms with Crippen molar-refractivity contribution >= 4 is 35.1 Å². The zero-order chi connectivity index (χ0) is 24.5. The van der Waals surface area contributed by atoms with Crippen molar-refractivity contribution in [3.05, 3.63) is 79.7 Å². The number of hydrogen-bond acceptors (Lipinski definition) is 5. The second-order valence-corrected chi connectivity index (χ2v) is 9.72. The Balaban J connectivity index is 1.54. The maximum atomic E-state index is 13.8. The monoisotopic (exact) mass is 512 g/mol. The number of nitrogens with zero attached hydrogens (tertiary/aromatic N) is 3. The van der Waals surface area contributed by atoms with Crippen LogP contribution >= 0.6 is 23.2 Å². The molecule has 1 aliphatic carbocycles. The molecule has 2 aliphatic rings. The third kappa shape index (κ3) is 4.62. The third-order valence-corrected chi connectivity index (χ3v) is 7.44. The normalized spacial score (nSPS) is 15.7. The van der Waals surface area contributed by atoms with Gasteiger partial charge in [0.1, 0.15) is 5.75 Å². The number of benzene rings is 2. The van der Waals surface area contributed by atoms with Crippen molar-refractivity contribution in [2.45, 2.75) is 44.7 Å². The fourth-order valence-electron chi connectivity index (χ4n) is 4.86. The van der Waals surface area contributed by atoms with Crippen LogP contribution in [0, 0.1) is 0 Å². The van der Waals surface area contributed by atoms with Gasteiger partial charge in [0.2, 0.25) is 5.95 Å². The fourth-order valence-corrected chi connectivity index (χ4v) is 5.16. The number of nitrogens with one attached hydrogen (secondary N) is 1. The van der Waals surface area contributed by atoms with Crippen molar-refractivity contribution in [3.8, 4) is 11.4 Å². The number of hydrogen-bond donors (Lipinski definition) is 1. The molecule has 1 N–H and O–H groups in total. The van der Waals surface area contributed by atoms with Gasteiger partial charge in [-0.1, -0.05) is 48.2 Å². The molecule has 182 valence electrons. The van der Waals surface area contributed by atoms with Gasteiger partial charge in [-0.25, -0.2) is 9.55 Å². The molecule has 2 aromatic carbocycles. The molecule has 7 nitrogen and oxygen atoms in total. The second-order valence-electron chi connectivity index (χ2n) is 8.90. The predicted molar refractivity (Wildman–Crippen MR) is 137 cm³/mol. The molecule has 2 heterocycles. The van der Waals surface area contributed by atoms with E-state index in [0.29, 0.717) is 57.2 Å². The van der Waals surface area contributed by atoms with Crippen LogP contribution in [0.5, 0.6) is 5.75 Å². The summed E-state index contributed by atoms with van der Waals surface area (Å²) in [5.74, 6) is 0.905. The number of aromatic nitrogens is 2. The number of anilines is 1. The molecule has 1 aromatic heterocycles. The Morgan fingerprint density at radius 3 is 2.63 bits per heavy atom. The van der Waals surface area contributed by atoms with E-state index < -0.39 is 0 Å². The van der Waals surface area contributed by atoms with Gasteiger partial charge in [-0.2, -0.15) is 0 Å². The molecule has 3 aromatic rings. The standard InChI is InChI=1S/C26H26Cl2N4O3/c1-35-23-9-5-4-8-22(23)32-25(34)18-12-13-31(24(33)16-10-11-19(27)20(28)14-16)15-21(18)30-26(32)29-17-6-2-3-7-17/h4-5,8-11,14,17H,2-3,6-7,12-13,15H2,1H3,(H,29,30). The van der Waals surface area contributed by atoms with Crippen LogP contribution in [-0.2, 0) is 13.0 Å².